The predicted octanol–water partition coefficient (Wildman–Crippen LogP) is 6.08. The summed E-state index contributed by atoms with van der Waals surface area (Å²) in [6.45, 7) is 11.5. The standard InChI is InChI=1S/C21H20N5.C4H11O2P.Y/c1-13-9-14(2)20(15(3)10-13)25-19-11-16(4)23-21(26-19)24-18-7-5-17(12-22)6-8-18;1-6-4-7(2,3)5;/h5-10H,1-4H3,(H2,23,24,25,26);4H2,1-3H3;/q-1;;. The van der Waals surface area contributed by atoms with Gasteiger partial charge in [0.2, 0.25) is 5.95 Å². The first-order chi connectivity index (χ1) is 15.5. The number of rotatable bonds is 6. The number of aromatic nitrogens is 2. The second-order valence-corrected chi connectivity index (χ2v) is 11.7. The first kappa shape index (κ1) is 29.9. The maximum atomic E-state index is 10.7. The molecule has 0 spiro atoms. The van der Waals surface area contributed by atoms with Gasteiger partial charge < -0.3 is 26.0 Å². The molecule has 0 aliphatic heterocycles. The topological polar surface area (TPSA) is 99.9 Å². The first-order valence-corrected chi connectivity index (χ1v) is 13.2. The van der Waals surface area contributed by atoms with Crippen molar-refractivity contribution in [2.75, 3.05) is 37.4 Å². The van der Waals surface area contributed by atoms with Crippen molar-refractivity contribution in [3.8, 4) is 6.07 Å². The zero-order chi connectivity index (χ0) is 24.6. The van der Waals surface area contributed by atoms with Crippen molar-refractivity contribution in [2.24, 2.45) is 0 Å². The van der Waals surface area contributed by atoms with Crippen LogP contribution in [0, 0.1) is 45.1 Å². The number of aryl methyl sites for hydroxylation is 4. The van der Waals surface area contributed by atoms with E-state index in [0.29, 0.717) is 23.7 Å². The van der Waals surface area contributed by atoms with E-state index in [4.69, 9.17) is 5.26 Å². The van der Waals surface area contributed by atoms with Gasteiger partial charge in [-0.3, -0.25) is 4.98 Å². The fraction of sp³-hybridized carbons (Fsp3) is 0.320. The monoisotopic (exact) mass is 553 g/mol. The Morgan fingerprint density at radius 3 is 2.09 bits per heavy atom. The Balaban J connectivity index is 0.000000633. The van der Waals surface area contributed by atoms with E-state index in [1.54, 1.807) is 32.6 Å². The largest absolute Gasteiger partial charge is 0.405 e. The van der Waals surface area contributed by atoms with Crippen molar-refractivity contribution in [1.82, 2.24) is 9.97 Å². The van der Waals surface area contributed by atoms with E-state index >= 15 is 0 Å². The molecule has 0 bridgehead atoms. The molecule has 177 valence electrons. The molecule has 0 amide bonds. The summed E-state index contributed by atoms with van der Waals surface area (Å²) in [6, 6.07) is 16.7. The van der Waals surface area contributed by atoms with Crippen LogP contribution in [0.2, 0.25) is 0 Å². The van der Waals surface area contributed by atoms with Crippen molar-refractivity contribution in [3.63, 3.8) is 0 Å². The summed E-state index contributed by atoms with van der Waals surface area (Å²) < 4.78 is 15.3. The Hall–Kier alpha value is -2.10. The SMILES string of the molecule is COCP(C)(C)=O.Cc1cc(C)c(Nc2[c-]c(C)nc(Nc3ccc(C#N)cc3)n2)c(C)c1.[Y]. The summed E-state index contributed by atoms with van der Waals surface area (Å²) in [7, 11) is -0.333. The number of anilines is 4. The Bertz CT molecular complexity index is 1160. The minimum absolute atomic E-state index is 0. The average Bonchev–Trinajstić information content (AvgIpc) is 2.70. The van der Waals surface area contributed by atoms with Crippen molar-refractivity contribution >= 4 is 30.3 Å². The molecule has 0 saturated heterocycles. The number of methoxy groups -OCH3 is 1. The van der Waals surface area contributed by atoms with Gasteiger partial charge in [0.1, 0.15) is 7.14 Å². The molecule has 1 heterocycles. The molecule has 1 radical (unpaired) electrons. The number of hydrogen-bond acceptors (Lipinski definition) is 7. The second kappa shape index (κ2) is 13.7. The molecule has 0 unspecified atom stereocenters. The third-order valence-corrected chi connectivity index (χ3v) is 5.30. The van der Waals surface area contributed by atoms with Gasteiger partial charge in [-0.1, -0.05) is 24.6 Å². The van der Waals surface area contributed by atoms with Crippen LogP contribution in [0.1, 0.15) is 27.9 Å². The van der Waals surface area contributed by atoms with Crippen LogP contribution < -0.4 is 10.6 Å². The maximum Gasteiger partial charge on any atom is 0.223 e. The van der Waals surface area contributed by atoms with Crippen LogP contribution in [0.15, 0.2) is 36.4 Å². The molecule has 0 atom stereocenters. The molecule has 0 saturated carbocycles. The number of nitrogens with zero attached hydrogens (tertiary/aromatic N) is 3. The quantitative estimate of drug-likeness (QED) is 0.282. The van der Waals surface area contributed by atoms with Crippen molar-refractivity contribution in [3.05, 3.63) is 70.4 Å². The van der Waals surface area contributed by atoms with Gasteiger partial charge in [0.05, 0.1) is 18.0 Å². The van der Waals surface area contributed by atoms with E-state index in [9.17, 15) is 4.57 Å². The number of benzene rings is 2. The van der Waals surface area contributed by atoms with Gasteiger partial charge >= 0.3 is 0 Å². The summed E-state index contributed by atoms with van der Waals surface area (Å²) in [5.74, 6) is 1.10. The molecule has 7 nitrogen and oxygen atoms in total. The van der Waals surface area contributed by atoms with Gasteiger partial charge in [-0.15, -0.1) is 5.69 Å². The van der Waals surface area contributed by atoms with Crippen LogP contribution in [0.25, 0.3) is 0 Å². The van der Waals surface area contributed by atoms with E-state index < -0.39 is 7.14 Å². The van der Waals surface area contributed by atoms with Gasteiger partial charge in [-0.2, -0.15) is 5.26 Å². The van der Waals surface area contributed by atoms with Crippen LogP contribution in [0.5, 0.6) is 0 Å². The fourth-order valence-corrected chi connectivity index (χ4v) is 3.82. The Morgan fingerprint density at radius 1 is 1.03 bits per heavy atom. The minimum atomic E-state index is -1.89. The van der Waals surface area contributed by atoms with Crippen LogP contribution in [-0.2, 0) is 42.0 Å². The maximum absolute atomic E-state index is 10.7. The van der Waals surface area contributed by atoms with Crippen molar-refractivity contribution < 1.29 is 42.0 Å². The fourth-order valence-electron chi connectivity index (χ4n) is 3.20. The predicted molar refractivity (Wildman–Crippen MR) is 135 cm³/mol. The van der Waals surface area contributed by atoms with E-state index in [1.165, 1.54) is 5.56 Å². The molecule has 34 heavy (non-hydrogen) atoms. The Morgan fingerprint density at radius 2 is 1.62 bits per heavy atom. The van der Waals surface area contributed by atoms with E-state index in [-0.39, 0.29) is 32.7 Å². The zero-order valence-corrected chi connectivity index (χ0v) is 24.6. The van der Waals surface area contributed by atoms with E-state index in [2.05, 4.69) is 70.4 Å². The van der Waals surface area contributed by atoms with Crippen LogP contribution in [-0.4, -0.2) is 36.8 Å². The average molecular weight is 553 g/mol. The molecule has 2 aromatic carbocycles. The molecule has 3 aromatic rings. The molecular weight excluding hydrogens is 522 g/mol. The summed E-state index contributed by atoms with van der Waals surface area (Å²) in [5.41, 5.74) is 6.76. The van der Waals surface area contributed by atoms with Crippen LogP contribution in [0.3, 0.4) is 0 Å². The third-order valence-electron chi connectivity index (χ3n) is 4.42. The molecule has 1 aromatic heterocycles. The number of hydrogen-bond donors (Lipinski definition) is 2. The van der Waals surface area contributed by atoms with Crippen LogP contribution in [0.4, 0.5) is 23.1 Å². The Labute approximate surface area is 228 Å². The normalized spacial score (nSPS) is 10.3. The molecule has 0 aliphatic rings. The summed E-state index contributed by atoms with van der Waals surface area (Å²) in [6.07, 6.45) is 0.396. The molecule has 9 heteroatoms. The smallest absolute Gasteiger partial charge is 0.223 e. The second-order valence-electron chi connectivity index (χ2n) is 8.31. The van der Waals surface area contributed by atoms with Gasteiger partial charge in [0.15, 0.2) is 0 Å². The van der Waals surface area contributed by atoms with Crippen LogP contribution >= 0.6 is 7.14 Å². The van der Waals surface area contributed by atoms with E-state index in [0.717, 1.165) is 28.2 Å². The number of nitrogens with one attached hydrogen (secondary N) is 2. The van der Waals surface area contributed by atoms with Gasteiger partial charge in [-0.25, -0.2) is 4.98 Å². The number of ether oxygens (including phenoxy) is 1. The molecule has 2 N–H and O–H groups in total. The van der Waals surface area contributed by atoms with Crippen molar-refractivity contribution in [1.29, 1.82) is 5.26 Å². The minimum Gasteiger partial charge on any atom is -0.405 e. The molecule has 3 rings (SSSR count). The van der Waals surface area contributed by atoms with Gasteiger partial charge in [-0.05, 0) is 75.3 Å². The van der Waals surface area contributed by atoms with Gasteiger partial charge in [0.25, 0.3) is 0 Å². The molecular formula is C25H31N5O2PY-. The third kappa shape index (κ3) is 10.0. The summed E-state index contributed by atoms with van der Waals surface area (Å²) in [5, 5.41) is 15.4. The summed E-state index contributed by atoms with van der Waals surface area (Å²) in [4.78, 5) is 8.91. The Kier molecular flexibility index (Phi) is 12.1. The molecule has 0 fully saturated rings. The summed E-state index contributed by atoms with van der Waals surface area (Å²) >= 11 is 0. The van der Waals surface area contributed by atoms with E-state index in [1.807, 2.05) is 19.1 Å². The number of nitriles is 1. The van der Waals surface area contributed by atoms with Gasteiger partial charge in [0, 0.05) is 51.2 Å². The van der Waals surface area contributed by atoms with Crippen molar-refractivity contribution in [2.45, 2.75) is 27.7 Å². The zero-order valence-electron chi connectivity index (χ0n) is 20.9. The molecule has 0 aliphatic carbocycles. The first-order valence-electron chi connectivity index (χ1n) is 10.4.